The molecule has 1 atom stereocenters. The van der Waals surface area contributed by atoms with Crippen LogP contribution in [-0.4, -0.2) is 47.0 Å². The summed E-state index contributed by atoms with van der Waals surface area (Å²) < 4.78 is 0. The smallest absolute Gasteiger partial charge is 0.0589 e. The molecule has 2 aliphatic rings. The second kappa shape index (κ2) is 8.23. The van der Waals surface area contributed by atoms with Crippen LogP contribution in [0.2, 0.25) is 0 Å². The maximum atomic E-state index is 9.88. The molecule has 2 rings (SSSR count). The van der Waals surface area contributed by atoms with Gasteiger partial charge in [0.2, 0.25) is 0 Å². The Bertz CT molecular complexity index is 235. The fourth-order valence-electron chi connectivity index (χ4n) is 4.19. The molecule has 3 nitrogen and oxygen atoms in total. The third kappa shape index (κ3) is 4.17. The predicted octanol–water partition coefficient (Wildman–Crippen LogP) is 2.55. The first-order valence-electron chi connectivity index (χ1n) is 8.34. The molecule has 0 bridgehead atoms. The molecule has 0 aromatic heterocycles. The zero-order chi connectivity index (χ0) is 13.5. The van der Waals surface area contributed by atoms with Crippen molar-refractivity contribution in [3.8, 4) is 0 Å². The fraction of sp³-hybridized carbons (Fsp3) is 1.00. The van der Waals surface area contributed by atoms with Gasteiger partial charge in [-0.05, 0) is 31.6 Å². The summed E-state index contributed by atoms with van der Waals surface area (Å²) in [6, 6.07) is 0.885. The number of nitrogens with zero attached hydrogens (tertiary/aromatic N) is 1. The monoisotopic (exact) mass is 269 g/mol. The molecule has 0 heterocycles. The van der Waals surface area contributed by atoms with Gasteiger partial charge in [-0.1, -0.05) is 38.5 Å². The molecule has 112 valence electrons. The molecule has 2 N–H and O–H groups in total. The van der Waals surface area contributed by atoms with Crippen molar-refractivity contribution in [2.24, 2.45) is 5.92 Å². The van der Waals surface area contributed by atoms with E-state index in [-0.39, 0.29) is 19.3 Å². The molecule has 3 heteroatoms. The molecule has 19 heavy (non-hydrogen) atoms. The van der Waals surface area contributed by atoms with Gasteiger partial charge in [0.05, 0.1) is 13.2 Å². The third-order valence-electron chi connectivity index (χ3n) is 5.21. The van der Waals surface area contributed by atoms with E-state index in [4.69, 9.17) is 0 Å². The van der Waals surface area contributed by atoms with Gasteiger partial charge < -0.3 is 10.2 Å². The lowest BCUT2D eigenvalue weighted by Crippen LogP contribution is -2.51. The van der Waals surface area contributed by atoms with Gasteiger partial charge in [-0.15, -0.1) is 0 Å². The van der Waals surface area contributed by atoms with Crippen LogP contribution in [0.1, 0.15) is 64.2 Å². The fourth-order valence-corrected chi connectivity index (χ4v) is 4.19. The number of rotatable bonds is 6. The van der Waals surface area contributed by atoms with Crippen molar-refractivity contribution in [2.75, 3.05) is 19.8 Å². The first-order valence-corrected chi connectivity index (χ1v) is 8.34. The highest BCUT2D eigenvalue weighted by Gasteiger charge is 2.32. The second-order valence-corrected chi connectivity index (χ2v) is 6.40. The number of aliphatic hydroxyl groups excluding tert-OH is 2. The molecule has 0 aromatic rings. The summed E-state index contributed by atoms with van der Waals surface area (Å²) in [6.45, 7) is 1.23. The summed E-state index contributed by atoms with van der Waals surface area (Å²) in [7, 11) is 0. The Morgan fingerprint density at radius 1 is 0.842 bits per heavy atom. The second-order valence-electron chi connectivity index (χ2n) is 6.40. The van der Waals surface area contributed by atoms with E-state index in [1.54, 1.807) is 0 Å². The van der Waals surface area contributed by atoms with Gasteiger partial charge in [0.15, 0.2) is 0 Å². The van der Waals surface area contributed by atoms with Crippen LogP contribution in [0.25, 0.3) is 0 Å². The van der Waals surface area contributed by atoms with Crippen LogP contribution in [0, 0.1) is 5.92 Å². The van der Waals surface area contributed by atoms with Crippen molar-refractivity contribution in [1.29, 1.82) is 0 Å². The Balaban J connectivity index is 2.00. The van der Waals surface area contributed by atoms with E-state index in [1.165, 1.54) is 64.2 Å². The van der Waals surface area contributed by atoms with Crippen LogP contribution in [0.15, 0.2) is 0 Å². The van der Waals surface area contributed by atoms with E-state index in [0.29, 0.717) is 12.0 Å². The lowest BCUT2D eigenvalue weighted by Gasteiger charge is -2.43. The number of hydrogen-bond acceptors (Lipinski definition) is 3. The molecule has 2 saturated carbocycles. The van der Waals surface area contributed by atoms with Gasteiger partial charge >= 0.3 is 0 Å². The summed E-state index contributed by atoms with van der Waals surface area (Å²) in [5.74, 6) is 0.646. The largest absolute Gasteiger partial charge is 0.395 e. The van der Waals surface area contributed by atoms with E-state index in [0.717, 1.165) is 6.54 Å². The van der Waals surface area contributed by atoms with Gasteiger partial charge in [-0.3, -0.25) is 4.90 Å². The van der Waals surface area contributed by atoms with Gasteiger partial charge in [-0.25, -0.2) is 0 Å². The topological polar surface area (TPSA) is 43.7 Å². The Morgan fingerprint density at radius 2 is 1.42 bits per heavy atom. The quantitative estimate of drug-likeness (QED) is 0.779. The highest BCUT2D eigenvalue weighted by Crippen LogP contribution is 2.32. The van der Waals surface area contributed by atoms with Crippen LogP contribution in [0.3, 0.4) is 0 Å². The Labute approximate surface area is 118 Å². The van der Waals surface area contributed by atoms with Gasteiger partial charge in [0.1, 0.15) is 0 Å². The Kier molecular flexibility index (Phi) is 6.62. The highest BCUT2D eigenvalue weighted by atomic mass is 16.3. The summed E-state index contributed by atoms with van der Waals surface area (Å²) in [5, 5.41) is 19.3. The van der Waals surface area contributed by atoms with Crippen molar-refractivity contribution >= 4 is 0 Å². The minimum absolute atomic E-state index is 0.222. The average molecular weight is 269 g/mol. The molecule has 0 amide bonds. The first kappa shape index (κ1) is 15.3. The minimum Gasteiger partial charge on any atom is -0.395 e. The van der Waals surface area contributed by atoms with Crippen LogP contribution in [0.4, 0.5) is 0 Å². The zero-order valence-electron chi connectivity index (χ0n) is 12.3. The van der Waals surface area contributed by atoms with Crippen molar-refractivity contribution in [3.63, 3.8) is 0 Å². The Morgan fingerprint density at radius 3 is 1.95 bits per heavy atom. The summed E-state index contributed by atoms with van der Waals surface area (Å²) in [4.78, 5) is 2.45. The number of aliphatic hydroxyl groups is 2. The SMILES string of the molecule is OCCN(C1CCCCC1)C(CO)C1CCCCC1. The molecule has 2 fully saturated rings. The molecule has 0 saturated heterocycles. The maximum absolute atomic E-state index is 9.88. The predicted molar refractivity (Wildman–Crippen MR) is 78.1 cm³/mol. The van der Waals surface area contributed by atoms with Crippen LogP contribution < -0.4 is 0 Å². The van der Waals surface area contributed by atoms with E-state index in [2.05, 4.69) is 4.90 Å². The minimum atomic E-state index is 0.222. The first-order chi connectivity index (χ1) is 9.36. The highest BCUT2D eigenvalue weighted by molar-refractivity contribution is 4.86. The zero-order valence-corrected chi connectivity index (χ0v) is 12.3. The lowest BCUT2D eigenvalue weighted by molar-refractivity contribution is 0.0109. The molecular formula is C16H31NO2. The van der Waals surface area contributed by atoms with E-state index >= 15 is 0 Å². The average Bonchev–Trinajstić information content (AvgIpc) is 2.49. The van der Waals surface area contributed by atoms with E-state index in [1.807, 2.05) is 0 Å². The van der Waals surface area contributed by atoms with Gasteiger partial charge in [0.25, 0.3) is 0 Å². The van der Waals surface area contributed by atoms with Crippen LogP contribution in [-0.2, 0) is 0 Å². The number of hydrogen-bond donors (Lipinski definition) is 2. The lowest BCUT2D eigenvalue weighted by atomic mass is 9.82. The molecule has 1 unspecified atom stereocenters. The van der Waals surface area contributed by atoms with Crippen LogP contribution in [0.5, 0.6) is 0 Å². The van der Waals surface area contributed by atoms with Crippen molar-refractivity contribution < 1.29 is 10.2 Å². The van der Waals surface area contributed by atoms with Crippen molar-refractivity contribution in [2.45, 2.75) is 76.3 Å². The van der Waals surface area contributed by atoms with Crippen molar-refractivity contribution in [1.82, 2.24) is 4.90 Å². The molecule has 0 spiro atoms. The van der Waals surface area contributed by atoms with Gasteiger partial charge in [0, 0.05) is 18.6 Å². The summed E-state index contributed by atoms with van der Waals surface area (Å²) in [5.41, 5.74) is 0. The van der Waals surface area contributed by atoms with E-state index in [9.17, 15) is 10.2 Å². The van der Waals surface area contributed by atoms with Crippen molar-refractivity contribution in [3.05, 3.63) is 0 Å². The Hall–Kier alpha value is -0.120. The van der Waals surface area contributed by atoms with Gasteiger partial charge in [-0.2, -0.15) is 0 Å². The van der Waals surface area contributed by atoms with E-state index < -0.39 is 0 Å². The molecular weight excluding hydrogens is 238 g/mol. The molecule has 0 aromatic carbocycles. The summed E-state index contributed by atoms with van der Waals surface area (Å²) in [6.07, 6.45) is 13.0. The summed E-state index contributed by atoms with van der Waals surface area (Å²) >= 11 is 0. The van der Waals surface area contributed by atoms with Crippen LogP contribution >= 0.6 is 0 Å². The standard InChI is InChI=1S/C16H31NO2/c18-12-11-17(15-9-5-2-6-10-15)16(13-19)14-7-3-1-4-8-14/h14-16,18-19H,1-13H2. The normalized spacial score (nSPS) is 24.8. The molecule has 0 aliphatic heterocycles. The molecule has 0 radical (unpaired) electrons. The third-order valence-corrected chi connectivity index (χ3v) is 5.21. The maximum Gasteiger partial charge on any atom is 0.0589 e. The molecule has 2 aliphatic carbocycles.